The molecule has 2 unspecified atom stereocenters. The van der Waals surface area contributed by atoms with Crippen molar-refractivity contribution < 1.29 is 9.53 Å². The minimum absolute atomic E-state index is 0.0454. The fourth-order valence-corrected chi connectivity index (χ4v) is 3.95. The molecule has 0 spiro atoms. The summed E-state index contributed by atoms with van der Waals surface area (Å²) in [6.45, 7) is 5.68. The van der Waals surface area contributed by atoms with Crippen molar-refractivity contribution in [1.29, 1.82) is 0 Å². The van der Waals surface area contributed by atoms with E-state index in [1.54, 1.807) is 0 Å². The highest BCUT2D eigenvalue weighted by Gasteiger charge is 2.39. The summed E-state index contributed by atoms with van der Waals surface area (Å²) in [5.41, 5.74) is 8.17. The van der Waals surface area contributed by atoms with E-state index in [1.165, 1.54) is 17.5 Å². The Morgan fingerprint density at radius 1 is 1.26 bits per heavy atom. The molecule has 4 nitrogen and oxygen atoms in total. The molecule has 2 heterocycles. The number of nitrogens with zero attached hydrogens (tertiary/aromatic N) is 1. The largest absolute Gasteiger partial charge is 0.364 e. The van der Waals surface area contributed by atoms with Gasteiger partial charge in [0.1, 0.15) is 6.10 Å². The van der Waals surface area contributed by atoms with Crippen LogP contribution >= 0.6 is 0 Å². The number of piperidine rings is 1. The van der Waals surface area contributed by atoms with Gasteiger partial charge in [-0.15, -0.1) is 0 Å². The van der Waals surface area contributed by atoms with E-state index in [2.05, 4.69) is 43.0 Å². The zero-order chi connectivity index (χ0) is 16.4. The Kier molecular flexibility index (Phi) is 5.02. The van der Waals surface area contributed by atoms with E-state index >= 15 is 0 Å². The van der Waals surface area contributed by atoms with Gasteiger partial charge in [0.05, 0.1) is 12.1 Å². The van der Waals surface area contributed by atoms with E-state index in [9.17, 15) is 4.79 Å². The van der Waals surface area contributed by atoms with Gasteiger partial charge in [0, 0.05) is 13.1 Å². The molecule has 4 atom stereocenters. The van der Waals surface area contributed by atoms with E-state index < -0.39 is 0 Å². The number of benzene rings is 1. The normalized spacial score (nSPS) is 31.3. The molecule has 0 aromatic heterocycles. The molecule has 3 rings (SSSR count). The Hall–Kier alpha value is -1.39. The third-order valence-corrected chi connectivity index (χ3v) is 5.28. The first-order chi connectivity index (χ1) is 11.1. The van der Waals surface area contributed by atoms with Gasteiger partial charge >= 0.3 is 0 Å². The highest BCUT2D eigenvalue weighted by Crippen LogP contribution is 2.37. The van der Waals surface area contributed by atoms with E-state index in [1.807, 2.05) is 0 Å². The van der Waals surface area contributed by atoms with Gasteiger partial charge in [0.25, 0.3) is 5.91 Å². The third kappa shape index (κ3) is 3.43. The van der Waals surface area contributed by atoms with Gasteiger partial charge in [-0.1, -0.05) is 36.8 Å². The number of hydrogen-bond donors (Lipinski definition) is 1. The van der Waals surface area contributed by atoms with Crippen LogP contribution in [0.25, 0.3) is 0 Å². The molecular formula is C19H28N2O2. The summed E-state index contributed by atoms with van der Waals surface area (Å²) < 4.78 is 5.85. The van der Waals surface area contributed by atoms with Crippen molar-refractivity contribution in [2.75, 3.05) is 13.1 Å². The van der Waals surface area contributed by atoms with Gasteiger partial charge < -0.3 is 15.4 Å². The smallest absolute Gasteiger partial charge is 0.252 e. The van der Waals surface area contributed by atoms with Crippen LogP contribution in [0, 0.1) is 12.8 Å². The van der Waals surface area contributed by atoms with E-state index in [0.717, 1.165) is 25.8 Å². The Morgan fingerprint density at radius 2 is 2.00 bits per heavy atom. The molecule has 0 saturated carbocycles. The molecule has 4 heteroatoms. The number of ether oxygens (including phenoxy) is 1. The molecule has 23 heavy (non-hydrogen) atoms. The Morgan fingerprint density at radius 3 is 2.65 bits per heavy atom. The Balaban J connectivity index is 1.80. The maximum atomic E-state index is 13.0. The summed E-state index contributed by atoms with van der Waals surface area (Å²) >= 11 is 0. The highest BCUT2D eigenvalue weighted by molar-refractivity contribution is 5.82. The summed E-state index contributed by atoms with van der Waals surface area (Å²) in [6, 6.07) is 8.77. The molecule has 2 aliphatic rings. The lowest BCUT2D eigenvalue weighted by molar-refractivity contribution is -0.148. The number of aryl methyl sites for hydroxylation is 1. The van der Waals surface area contributed by atoms with Crippen molar-refractivity contribution in [3.8, 4) is 0 Å². The fraction of sp³-hybridized carbons (Fsp3) is 0.632. The first kappa shape index (κ1) is 16.5. The van der Waals surface area contributed by atoms with Gasteiger partial charge in [0.15, 0.2) is 0 Å². The lowest BCUT2D eigenvalue weighted by Crippen LogP contribution is -2.46. The first-order valence-corrected chi connectivity index (χ1v) is 8.82. The van der Waals surface area contributed by atoms with Crippen LogP contribution in [-0.4, -0.2) is 36.1 Å². The van der Waals surface area contributed by atoms with Crippen LogP contribution in [0.4, 0.5) is 0 Å². The summed E-state index contributed by atoms with van der Waals surface area (Å²) in [5, 5.41) is 0. The highest BCUT2D eigenvalue weighted by atomic mass is 16.5. The third-order valence-electron chi connectivity index (χ3n) is 5.28. The standard InChI is InChI=1S/C19H28N2O2/c1-13-5-7-15(8-6-13)18-14(2)4-3-11-21(18)19(22)17-10-9-16(12-20)23-17/h5-8,14,16-18H,3-4,9-12,20H2,1-2H3/t14?,16-,17+,18?/m1/s1. The van der Waals surface area contributed by atoms with Crippen molar-refractivity contribution in [3.05, 3.63) is 35.4 Å². The van der Waals surface area contributed by atoms with Crippen LogP contribution in [0.2, 0.25) is 0 Å². The Bertz CT molecular complexity index is 543. The average Bonchev–Trinajstić information content (AvgIpc) is 3.04. The zero-order valence-electron chi connectivity index (χ0n) is 14.2. The van der Waals surface area contributed by atoms with E-state index in [4.69, 9.17) is 10.5 Å². The van der Waals surface area contributed by atoms with Crippen molar-refractivity contribution in [1.82, 2.24) is 4.90 Å². The van der Waals surface area contributed by atoms with Crippen LogP contribution < -0.4 is 5.73 Å². The predicted molar refractivity (Wildman–Crippen MR) is 91.0 cm³/mol. The zero-order valence-corrected chi connectivity index (χ0v) is 14.2. The lowest BCUT2D eigenvalue weighted by Gasteiger charge is -2.41. The molecule has 2 fully saturated rings. The second kappa shape index (κ2) is 7.02. The monoisotopic (exact) mass is 316 g/mol. The number of carbonyl (C=O) groups excluding carboxylic acids is 1. The van der Waals surface area contributed by atoms with Gasteiger partial charge in [-0.05, 0) is 44.1 Å². The van der Waals surface area contributed by atoms with Crippen LogP contribution in [0.5, 0.6) is 0 Å². The van der Waals surface area contributed by atoms with E-state index in [0.29, 0.717) is 12.5 Å². The topological polar surface area (TPSA) is 55.6 Å². The molecular weight excluding hydrogens is 288 g/mol. The van der Waals surface area contributed by atoms with Crippen LogP contribution in [0.1, 0.15) is 49.8 Å². The summed E-state index contributed by atoms with van der Waals surface area (Å²) in [4.78, 5) is 15.1. The molecule has 2 aliphatic heterocycles. The maximum Gasteiger partial charge on any atom is 0.252 e. The molecule has 0 radical (unpaired) electrons. The van der Waals surface area contributed by atoms with Crippen LogP contribution in [0.15, 0.2) is 24.3 Å². The van der Waals surface area contributed by atoms with Crippen molar-refractivity contribution >= 4 is 5.91 Å². The number of hydrogen-bond acceptors (Lipinski definition) is 3. The second-order valence-electron chi connectivity index (χ2n) is 7.07. The molecule has 0 bridgehead atoms. The van der Waals surface area contributed by atoms with Crippen molar-refractivity contribution in [2.45, 2.75) is 57.8 Å². The van der Waals surface area contributed by atoms with Gasteiger partial charge in [-0.25, -0.2) is 0 Å². The number of likely N-dealkylation sites (tertiary alicyclic amines) is 1. The fourth-order valence-electron chi connectivity index (χ4n) is 3.95. The number of nitrogens with two attached hydrogens (primary N) is 1. The van der Waals surface area contributed by atoms with Gasteiger partial charge in [-0.3, -0.25) is 4.79 Å². The van der Waals surface area contributed by atoms with Crippen molar-refractivity contribution in [2.24, 2.45) is 11.7 Å². The summed E-state index contributed by atoms with van der Waals surface area (Å²) in [5.74, 6) is 0.625. The quantitative estimate of drug-likeness (QED) is 0.933. The minimum Gasteiger partial charge on any atom is -0.364 e. The first-order valence-electron chi connectivity index (χ1n) is 8.82. The molecule has 0 aliphatic carbocycles. The van der Waals surface area contributed by atoms with Crippen LogP contribution in [-0.2, 0) is 9.53 Å². The summed E-state index contributed by atoms with van der Waals surface area (Å²) in [6.07, 6.45) is 3.67. The molecule has 1 aromatic carbocycles. The summed E-state index contributed by atoms with van der Waals surface area (Å²) in [7, 11) is 0. The molecule has 1 amide bonds. The average molecular weight is 316 g/mol. The molecule has 126 valence electrons. The van der Waals surface area contributed by atoms with E-state index in [-0.39, 0.29) is 24.2 Å². The van der Waals surface area contributed by atoms with Gasteiger partial charge in [0.2, 0.25) is 0 Å². The molecule has 2 N–H and O–H groups in total. The van der Waals surface area contributed by atoms with Gasteiger partial charge in [-0.2, -0.15) is 0 Å². The van der Waals surface area contributed by atoms with Crippen molar-refractivity contribution in [3.63, 3.8) is 0 Å². The predicted octanol–water partition coefficient (Wildman–Crippen LogP) is 2.80. The number of amides is 1. The second-order valence-corrected chi connectivity index (χ2v) is 7.07. The SMILES string of the molecule is Cc1ccc(C2C(C)CCCN2C(=O)[C@@H]2CC[C@H](CN)O2)cc1. The minimum atomic E-state index is -0.304. The number of rotatable bonds is 3. The number of carbonyl (C=O) groups is 1. The Labute approximate surface area is 139 Å². The maximum absolute atomic E-state index is 13.0. The van der Waals surface area contributed by atoms with Crippen LogP contribution in [0.3, 0.4) is 0 Å². The molecule has 1 aromatic rings. The molecule has 2 saturated heterocycles. The lowest BCUT2D eigenvalue weighted by atomic mass is 9.85.